The van der Waals surface area contributed by atoms with Crippen LogP contribution >= 0.6 is 35.3 Å². The van der Waals surface area contributed by atoms with Gasteiger partial charge in [0.15, 0.2) is 5.11 Å². The highest BCUT2D eigenvalue weighted by Gasteiger charge is 2.34. The summed E-state index contributed by atoms with van der Waals surface area (Å²) in [5, 5.41) is 9.69. The molecule has 9 nitrogen and oxygen atoms in total. The second-order valence-electron chi connectivity index (χ2n) is 12.5. The molecule has 5 rings (SSSR count). The maximum Gasteiger partial charge on any atom is 0.410 e. The molecular weight excluding hydrogens is 677 g/mol. The molecule has 0 radical (unpaired) electrons. The highest BCUT2D eigenvalue weighted by atomic mass is 32.2. The van der Waals surface area contributed by atoms with Gasteiger partial charge in [-0.2, -0.15) is 0 Å². The van der Waals surface area contributed by atoms with Crippen molar-refractivity contribution < 1.29 is 23.9 Å². The molecule has 49 heavy (non-hydrogen) atoms. The van der Waals surface area contributed by atoms with E-state index in [1.807, 2.05) is 107 Å². The van der Waals surface area contributed by atoms with Crippen LogP contribution in [0.25, 0.3) is 0 Å². The third-order valence-corrected chi connectivity index (χ3v) is 10.0. The Morgan fingerprint density at radius 1 is 0.959 bits per heavy atom. The highest BCUT2D eigenvalue weighted by Crippen LogP contribution is 2.41. The molecule has 256 valence electrons. The van der Waals surface area contributed by atoms with Crippen molar-refractivity contribution in [2.24, 2.45) is 0 Å². The normalized spacial score (nSPS) is 13.1. The van der Waals surface area contributed by atoms with Crippen LogP contribution < -0.4 is 16.0 Å². The fraction of sp³-hybridized carbons (Fsp3) is 0.297. The van der Waals surface area contributed by atoms with E-state index in [-0.39, 0.29) is 19.1 Å². The standard InChI is InChI=1S/C37H40N4O5S3/c1-6-45-34(43)30-28-19-20-41(36(44)46-37(3,4)5)22-29(28)49-33(30)40-32(42)31(24-11-8-7-9-12-24)48-27-14-10-13-26(21-27)39-35(47)38-25-17-15-23(2)16-18-25/h7-18,21,31H,6,19-20,22H2,1-5H3,(H,40,42)(H2,38,39,47). The zero-order chi connectivity index (χ0) is 35.1. The quantitative estimate of drug-likeness (QED) is 0.0890. The van der Waals surface area contributed by atoms with Gasteiger partial charge in [-0.25, -0.2) is 9.59 Å². The predicted octanol–water partition coefficient (Wildman–Crippen LogP) is 8.81. The number of fused-ring (bicyclic) bond motifs is 1. The average Bonchev–Trinajstić information content (AvgIpc) is 3.41. The number of carbonyl (C=O) groups is 3. The fourth-order valence-electron chi connectivity index (χ4n) is 5.18. The number of rotatable bonds is 9. The minimum absolute atomic E-state index is 0.192. The predicted molar refractivity (Wildman–Crippen MR) is 202 cm³/mol. The Hall–Kier alpha value is -4.39. The molecule has 0 saturated carbocycles. The molecule has 0 aliphatic carbocycles. The second kappa shape index (κ2) is 15.9. The number of carbonyl (C=O) groups excluding carboxylic acids is 3. The Morgan fingerprint density at radius 3 is 2.37 bits per heavy atom. The van der Waals surface area contributed by atoms with Crippen molar-refractivity contribution in [2.75, 3.05) is 29.1 Å². The number of ether oxygens (including phenoxy) is 2. The van der Waals surface area contributed by atoms with Crippen LogP contribution in [0.4, 0.5) is 21.2 Å². The first kappa shape index (κ1) is 35.9. The number of nitrogens with one attached hydrogen (secondary N) is 3. The van der Waals surface area contributed by atoms with Crippen molar-refractivity contribution in [3.63, 3.8) is 0 Å². The first-order valence-electron chi connectivity index (χ1n) is 16.0. The Morgan fingerprint density at radius 2 is 1.67 bits per heavy atom. The second-order valence-corrected chi connectivity index (χ2v) is 15.1. The fourth-order valence-corrected chi connectivity index (χ4v) is 7.76. The minimum atomic E-state index is -0.651. The van der Waals surface area contributed by atoms with Gasteiger partial charge in [0.25, 0.3) is 0 Å². The molecular formula is C37H40N4O5S3. The van der Waals surface area contributed by atoms with Gasteiger partial charge in [-0.1, -0.05) is 54.1 Å². The zero-order valence-corrected chi connectivity index (χ0v) is 30.6. The van der Waals surface area contributed by atoms with E-state index in [1.54, 1.807) is 11.8 Å². The molecule has 2 amide bonds. The van der Waals surface area contributed by atoms with Gasteiger partial charge in [0.1, 0.15) is 15.9 Å². The summed E-state index contributed by atoms with van der Waals surface area (Å²) in [6, 6.07) is 25.1. The monoisotopic (exact) mass is 716 g/mol. The number of anilines is 3. The SMILES string of the molecule is CCOC(=O)c1c(NC(=O)C(Sc2cccc(NC(=S)Nc3ccc(C)cc3)c2)c2ccccc2)sc2c1CCN(C(=O)OC(C)(C)C)C2. The summed E-state index contributed by atoms with van der Waals surface area (Å²) >= 11 is 8.23. The first-order valence-corrected chi connectivity index (χ1v) is 18.1. The lowest BCUT2D eigenvalue weighted by molar-refractivity contribution is -0.115. The van der Waals surface area contributed by atoms with Gasteiger partial charge in [0.2, 0.25) is 5.91 Å². The lowest BCUT2D eigenvalue weighted by Crippen LogP contribution is -2.39. The van der Waals surface area contributed by atoms with Gasteiger partial charge >= 0.3 is 12.1 Å². The van der Waals surface area contributed by atoms with E-state index in [9.17, 15) is 14.4 Å². The summed E-state index contributed by atoms with van der Waals surface area (Å²) < 4.78 is 11.0. The molecule has 0 spiro atoms. The van der Waals surface area contributed by atoms with Crippen molar-refractivity contribution in [2.45, 2.75) is 63.3 Å². The van der Waals surface area contributed by atoms with Crippen LogP contribution in [0.5, 0.6) is 0 Å². The molecule has 1 atom stereocenters. The lowest BCUT2D eigenvalue weighted by Gasteiger charge is -2.30. The van der Waals surface area contributed by atoms with Gasteiger partial charge in [-0.3, -0.25) is 4.79 Å². The number of hydrogen-bond donors (Lipinski definition) is 3. The molecule has 3 aromatic carbocycles. The number of benzene rings is 3. The highest BCUT2D eigenvalue weighted by molar-refractivity contribution is 8.00. The number of thiophene rings is 1. The average molecular weight is 717 g/mol. The van der Waals surface area contributed by atoms with Gasteiger partial charge in [-0.15, -0.1) is 23.1 Å². The van der Waals surface area contributed by atoms with E-state index in [0.717, 1.165) is 37.8 Å². The van der Waals surface area contributed by atoms with Crippen LogP contribution in [-0.2, 0) is 27.2 Å². The van der Waals surface area contributed by atoms with E-state index < -0.39 is 22.9 Å². The Labute approximate surface area is 300 Å². The van der Waals surface area contributed by atoms with E-state index in [0.29, 0.717) is 28.6 Å². The van der Waals surface area contributed by atoms with Crippen LogP contribution in [0.2, 0.25) is 0 Å². The van der Waals surface area contributed by atoms with Gasteiger partial charge < -0.3 is 30.3 Å². The summed E-state index contributed by atoms with van der Waals surface area (Å²) in [5.41, 5.74) is 4.11. The van der Waals surface area contributed by atoms with Crippen LogP contribution in [0.3, 0.4) is 0 Å². The number of esters is 1. The van der Waals surface area contributed by atoms with Crippen LogP contribution in [-0.4, -0.2) is 46.7 Å². The van der Waals surface area contributed by atoms with E-state index in [4.69, 9.17) is 21.7 Å². The number of aryl methyl sites for hydroxylation is 1. The molecule has 1 aliphatic heterocycles. The largest absolute Gasteiger partial charge is 0.462 e. The van der Waals surface area contributed by atoms with Gasteiger partial charge in [0.05, 0.1) is 18.7 Å². The molecule has 4 aromatic rings. The molecule has 0 bridgehead atoms. The number of hydrogen-bond acceptors (Lipinski definition) is 8. The van der Waals surface area contributed by atoms with Crippen molar-refractivity contribution in [1.82, 2.24) is 4.90 Å². The maximum atomic E-state index is 14.2. The number of thiocarbonyl (C=S) groups is 1. The molecule has 1 aliphatic rings. The van der Waals surface area contributed by atoms with Gasteiger partial charge in [0, 0.05) is 27.7 Å². The minimum Gasteiger partial charge on any atom is -0.462 e. The summed E-state index contributed by atoms with van der Waals surface area (Å²) in [4.78, 5) is 43.6. The Kier molecular flexibility index (Phi) is 11.6. The third kappa shape index (κ3) is 9.62. The van der Waals surface area contributed by atoms with Crippen LogP contribution in [0, 0.1) is 6.92 Å². The van der Waals surface area contributed by atoms with Crippen molar-refractivity contribution in [3.05, 3.63) is 106 Å². The maximum absolute atomic E-state index is 14.2. The third-order valence-electron chi connectivity index (χ3n) is 7.42. The van der Waals surface area contributed by atoms with E-state index in [1.165, 1.54) is 23.1 Å². The van der Waals surface area contributed by atoms with Crippen LogP contribution in [0.1, 0.15) is 64.9 Å². The molecule has 0 fully saturated rings. The molecule has 2 heterocycles. The summed E-state index contributed by atoms with van der Waals surface area (Å²) in [5.74, 6) is -0.793. The van der Waals surface area contributed by atoms with Crippen molar-refractivity contribution in [3.8, 4) is 0 Å². The number of thioether (sulfide) groups is 1. The first-order chi connectivity index (χ1) is 23.4. The smallest absolute Gasteiger partial charge is 0.410 e. The number of nitrogens with zero attached hydrogens (tertiary/aromatic N) is 1. The molecule has 1 unspecified atom stereocenters. The molecule has 1 aromatic heterocycles. The summed E-state index contributed by atoms with van der Waals surface area (Å²) in [6.07, 6.45) is 0.0191. The lowest BCUT2D eigenvalue weighted by atomic mass is 10.0. The van der Waals surface area contributed by atoms with Gasteiger partial charge in [-0.05, 0) is 94.7 Å². The molecule has 12 heteroatoms. The molecule has 0 saturated heterocycles. The summed E-state index contributed by atoms with van der Waals surface area (Å²) in [6.45, 7) is 10.1. The Balaban J connectivity index is 1.37. The van der Waals surface area contributed by atoms with Crippen molar-refractivity contribution in [1.29, 1.82) is 0 Å². The topological polar surface area (TPSA) is 109 Å². The number of amides is 2. The zero-order valence-electron chi connectivity index (χ0n) is 28.1. The van der Waals surface area contributed by atoms with E-state index in [2.05, 4.69) is 16.0 Å². The molecule has 3 N–H and O–H groups in total. The Bertz CT molecular complexity index is 1820. The summed E-state index contributed by atoms with van der Waals surface area (Å²) in [7, 11) is 0. The van der Waals surface area contributed by atoms with Crippen molar-refractivity contribution >= 4 is 74.8 Å². The van der Waals surface area contributed by atoms with Crippen LogP contribution in [0.15, 0.2) is 83.8 Å². The van der Waals surface area contributed by atoms with E-state index >= 15 is 0 Å².